The lowest BCUT2D eigenvalue weighted by molar-refractivity contribution is -0.147. The van der Waals surface area contributed by atoms with Gasteiger partial charge in [-0.1, -0.05) is 31.2 Å². The molecule has 26 heavy (non-hydrogen) atoms. The molecule has 1 atom stereocenters. The van der Waals surface area contributed by atoms with Crippen LogP contribution in [0.5, 0.6) is 11.5 Å². The predicted octanol–water partition coefficient (Wildman–Crippen LogP) is 3.51. The molecule has 1 aliphatic heterocycles. The molecule has 1 N–H and O–H groups in total. The highest BCUT2D eigenvalue weighted by molar-refractivity contribution is 5.76. The summed E-state index contributed by atoms with van der Waals surface area (Å²) in [5.74, 6) is 0.397. The van der Waals surface area contributed by atoms with Gasteiger partial charge in [0.1, 0.15) is 12.6 Å². The molecule has 1 unspecified atom stereocenters. The van der Waals surface area contributed by atoms with E-state index in [2.05, 4.69) is 4.90 Å². The number of ether oxygens (including phenoxy) is 2. The standard InChI is InChI=1S/C21H25NO4/c1-4-18(21(24)25-3)22-9-10-26-20-16(13-22)11-15(12-19(20)23)17-8-6-5-7-14(17)2/h5-8,11-12,18,23H,4,9-10,13H2,1-3H3. The molecule has 0 saturated carbocycles. The molecule has 1 heterocycles. The van der Waals surface area contributed by atoms with Crippen molar-refractivity contribution in [1.29, 1.82) is 0 Å². The Balaban J connectivity index is 2.00. The van der Waals surface area contributed by atoms with Crippen LogP contribution in [0.1, 0.15) is 24.5 Å². The smallest absolute Gasteiger partial charge is 0.323 e. The Labute approximate surface area is 154 Å². The molecule has 0 spiro atoms. The first-order chi connectivity index (χ1) is 12.5. The molecule has 5 nitrogen and oxygen atoms in total. The summed E-state index contributed by atoms with van der Waals surface area (Å²) in [4.78, 5) is 14.2. The van der Waals surface area contributed by atoms with E-state index >= 15 is 0 Å². The SMILES string of the molecule is CCC(C(=O)OC)N1CCOc2c(O)cc(-c3ccccc3C)cc2C1. The van der Waals surface area contributed by atoms with Gasteiger partial charge in [-0.3, -0.25) is 9.69 Å². The van der Waals surface area contributed by atoms with E-state index in [1.807, 2.05) is 44.2 Å². The van der Waals surface area contributed by atoms with Gasteiger partial charge in [-0.05, 0) is 42.2 Å². The minimum absolute atomic E-state index is 0.133. The van der Waals surface area contributed by atoms with Crippen LogP contribution < -0.4 is 4.74 Å². The number of carbonyl (C=O) groups excluding carboxylic acids is 1. The predicted molar refractivity (Wildman–Crippen MR) is 100 cm³/mol. The summed E-state index contributed by atoms with van der Waals surface area (Å²) >= 11 is 0. The van der Waals surface area contributed by atoms with Gasteiger partial charge in [0.15, 0.2) is 11.5 Å². The first-order valence-electron chi connectivity index (χ1n) is 8.91. The zero-order valence-electron chi connectivity index (χ0n) is 15.5. The monoisotopic (exact) mass is 355 g/mol. The zero-order valence-corrected chi connectivity index (χ0v) is 15.5. The third-order valence-electron chi connectivity index (χ3n) is 4.90. The van der Waals surface area contributed by atoms with Crippen LogP contribution in [0.15, 0.2) is 36.4 Å². The maximum Gasteiger partial charge on any atom is 0.323 e. The number of esters is 1. The summed E-state index contributed by atoms with van der Waals surface area (Å²) < 4.78 is 10.7. The van der Waals surface area contributed by atoms with Crippen molar-refractivity contribution >= 4 is 5.97 Å². The Morgan fingerprint density at radius 2 is 2.12 bits per heavy atom. The number of benzene rings is 2. The lowest BCUT2D eigenvalue weighted by atomic mass is 9.97. The second kappa shape index (κ2) is 7.79. The van der Waals surface area contributed by atoms with Crippen molar-refractivity contribution in [3.05, 3.63) is 47.5 Å². The first kappa shape index (κ1) is 18.3. The van der Waals surface area contributed by atoms with Crippen LogP contribution in [0.2, 0.25) is 0 Å². The Bertz CT molecular complexity index is 803. The fourth-order valence-electron chi connectivity index (χ4n) is 3.55. The largest absolute Gasteiger partial charge is 0.504 e. The van der Waals surface area contributed by atoms with Crippen LogP contribution in [-0.4, -0.2) is 42.3 Å². The highest BCUT2D eigenvalue weighted by atomic mass is 16.5. The van der Waals surface area contributed by atoms with Crippen molar-refractivity contribution < 1.29 is 19.4 Å². The molecule has 0 saturated heterocycles. The maximum atomic E-state index is 12.1. The Morgan fingerprint density at radius 1 is 1.35 bits per heavy atom. The molecule has 3 rings (SSSR count). The van der Waals surface area contributed by atoms with E-state index in [1.54, 1.807) is 6.07 Å². The molecule has 0 aliphatic carbocycles. The van der Waals surface area contributed by atoms with Gasteiger partial charge in [0, 0.05) is 18.7 Å². The van der Waals surface area contributed by atoms with Gasteiger partial charge in [0.05, 0.1) is 7.11 Å². The van der Waals surface area contributed by atoms with Crippen LogP contribution in [0.4, 0.5) is 0 Å². The van der Waals surface area contributed by atoms with E-state index in [1.165, 1.54) is 7.11 Å². The fourth-order valence-corrected chi connectivity index (χ4v) is 3.55. The summed E-state index contributed by atoms with van der Waals surface area (Å²) in [5.41, 5.74) is 4.03. The molecular formula is C21H25NO4. The van der Waals surface area contributed by atoms with Gasteiger partial charge >= 0.3 is 5.97 Å². The van der Waals surface area contributed by atoms with Crippen molar-refractivity contribution in [2.45, 2.75) is 32.9 Å². The Kier molecular flexibility index (Phi) is 5.47. The molecule has 2 aromatic carbocycles. The number of hydrogen-bond donors (Lipinski definition) is 1. The van der Waals surface area contributed by atoms with Crippen LogP contribution >= 0.6 is 0 Å². The second-order valence-electron chi connectivity index (χ2n) is 6.56. The third-order valence-corrected chi connectivity index (χ3v) is 4.90. The number of methoxy groups -OCH3 is 1. The van der Waals surface area contributed by atoms with Crippen LogP contribution in [-0.2, 0) is 16.1 Å². The maximum absolute atomic E-state index is 12.1. The normalized spacial score (nSPS) is 15.5. The molecule has 1 aliphatic rings. The molecule has 2 aromatic rings. The average molecular weight is 355 g/mol. The highest BCUT2D eigenvalue weighted by Crippen LogP contribution is 2.38. The number of nitrogens with zero attached hydrogens (tertiary/aromatic N) is 1. The van der Waals surface area contributed by atoms with Crippen molar-refractivity contribution in [3.8, 4) is 22.6 Å². The summed E-state index contributed by atoms with van der Waals surface area (Å²) in [7, 11) is 1.41. The van der Waals surface area contributed by atoms with Gasteiger partial charge in [-0.25, -0.2) is 0 Å². The Hall–Kier alpha value is -2.53. The molecule has 0 bridgehead atoms. The van der Waals surface area contributed by atoms with E-state index in [0.29, 0.717) is 31.9 Å². The molecular weight excluding hydrogens is 330 g/mol. The summed E-state index contributed by atoms with van der Waals surface area (Å²) in [6.07, 6.45) is 0.658. The topological polar surface area (TPSA) is 59.0 Å². The third kappa shape index (κ3) is 3.53. The second-order valence-corrected chi connectivity index (χ2v) is 6.56. The van der Waals surface area contributed by atoms with Crippen LogP contribution in [0, 0.1) is 6.92 Å². The molecule has 0 fully saturated rings. The number of rotatable bonds is 4. The minimum atomic E-state index is -0.321. The number of aryl methyl sites for hydroxylation is 1. The molecule has 5 heteroatoms. The van der Waals surface area contributed by atoms with Gasteiger partial charge in [0.2, 0.25) is 0 Å². The average Bonchev–Trinajstić information content (AvgIpc) is 2.85. The van der Waals surface area contributed by atoms with Crippen molar-refractivity contribution in [2.24, 2.45) is 0 Å². The number of phenolic OH excluding ortho intramolecular Hbond substituents is 1. The van der Waals surface area contributed by atoms with E-state index in [0.717, 1.165) is 22.3 Å². The molecule has 0 aromatic heterocycles. The number of aromatic hydroxyl groups is 1. The molecule has 138 valence electrons. The Morgan fingerprint density at radius 3 is 2.81 bits per heavy atom. The van der Waals surface area contributed by atoms with Crippen molar-refractivity contribution in [1.82, 2.24) is 4.90 Å². The van der Waals surface area contributed by atoms with Crippen molar-refractivity contribution in [3.63, 3.8) is 0 Å². The minimum Gasteiger partial charge on any atom is -0.504 e. The van der Waals surface area contributed by atoms with Gasteiger partial charge < -0.3 is 14.6 Å². The van der Waals surface area contributed by atoms with Gasteiger partial charge in [0.25, 0.3) is 0 Å². The molecule has 0 radical (unpaired) electrons. The summed E-state index contributed by atoms with van der Waals surface area (Å²) in [6.45, 7) is 5.55. The van der Waals surface area contributed by atoms with Crippen LogP contribution in [0.25, 0.3) is 11.1 Å². The fraction of sp³-hybridized carbons (Fsp3) is 0.381. The number of carbonyl (C=O) groups is 1. The number of phenols is 1. The first-order valence-corrected chi connectivity index (χ1v) is 8.91. The van der Waals surface area contributed by atoms with Gasteiger partial charge in [-0.15, -0.1) is 0 Å². The van der Waals surface area contributed by atoms with Crippen molar-refractivity contribution in [2.75, 3.05) is 20.3 Å². The van der Waals surface area contributed by atoms with E-state index in [9.17, 15) is 9.90 Å². The number of hydrogen-bond acceptors (Lipinski definition) is 5. The van der Waals surface area contributed by atoms with Crippen LogP contribution in [0.3, 0.4) is 0 Å². The highest BCUT2D eigenvalue weighted by Gasteiger charge is 2.29. The van der Waals surface area contributed by atoms with E-state index in [4.69, 9.17) is 9.47 Å². The zero-order chi connectivity index (χ0) is 18.7. The number of fused-ring (bicyclic) bond motifs is 1. The van der Waals surface area contributed by atoms with Gasteiger partial charge in [-0.2, -0.15) is 0 Å². The quantitative estimate of drug-likeness (QED) is 0.851. The van der Waals surface area contributed by atoms with E-state index < -0.39 is 0 Å². The van der Waals surface area contributed by atoms with E-state index in [-0.39, 0.29) is 17.8 Å². The molecule has 0 amide bonds. The summed E-state index contributed by atoms with van der Waals surface area (Å²) in [6, 6.07) is 11.5. The lowest BCUT2D eigenvalue weighted by Crippen LogP contribution is -2.42. The summed E-state index contributed by atoms with van der Waals surface area (Å²) in [5, 5.41) is 10.5. The lowest BCUT2D eigenvalue weighted by Gasteiger charge is -2.27.